The maximum absolute atomic E-state index is 12.5. The first kappa shape index (κ1) is 14.1. The molecule has 0 unspecified atom stereocenters. The van der Waals surface area contributed by atoms with E-state index in [0.717, 1.165) is 10.1 Å². The molecular formula is C15H16N4O3. The first-order valence-electron chi connectivity index (χ1n) is 6.82. The minimum atomic E-state index is -0.466. The number of imidazole rings is 1. The van der Waals surface area contributed by atoms with E-state index in [0.29, 0.717) is 5.65 Å². The summed E-state index contributed by atoms with van der Waals surface area (Å²) in [4.78, 5) is 37.0. The second-order valence-corrected chi connectivity index (χ2v) is 5.29. The molecule has 1 aromatic carbocycles. The highest BCUT2D eigenvalue weighted by molar-refractivity contribution is 5.71. The van der Waals surface area contributed by atoms with E-state index in [9.17, 15) is 14.4 Å². The fourth-order valence-electron chi connectivity index (χ4n) is 2.72. The van der Waals surface area contributed by atoms with Gasteiger partial charge in [-0.25, -0.2) is 9.59 Å². The van der Waals surface area contributed by atoms with Crippen LogP contribution in [0.2, 0.25) is 0 Å². The van der Waals surface area contributed by atoms with E-state index in [1.165, 1.54) is 20.7 Å². The summed E-state index contributed by atoms with van der Waals surface area (Å²) in [5, 5.41) is 0. The van der Waals surface area contributed by atoms with Gasteiger partial charge in [0, 0.05) is 21.1 Å². The Hall–Kier alpha value is -2.83. The van der Waals surface area contributed by atoms with Crippen molar-refractivity contribution in [3.8, 4) is 0 Å². The van der Waals surface area contributed by atoms with Gasteiger partial charge in [0.05, 0.1) is 6.54 Å². The highest BCUT2D eigenvalue weighted by Gasteiger charge is 2.19. The third-order valence-corrected chi connectivity index (χ3v) is 3.90. The third kappa shape index (κ3) is 1.86. The summed E-state index contributed by atoms with van der Waals surface area (Å²) >= 11 is 0. The average molecular weight is 300 g/mol. The van der Waals surface area contributed by atoms with Crippen molar-refractivity contribution < 1.29 is 0 Å². The predicted octanol–water partition coefficient (Wildman–Crippen LogP) is -0.214. The first-order valence-corrected chi connectivity index (χ1v) is 6.82. The van der Waals surface area contributed by atoms with Crippen LogP contribution in [0.4, 0.5) is 0 Å². The minimum absolute atomic E-state index is 0.237. The van der Waals surface area contributed by atoms with Crippen LogP contribution < -0.4 is 16.9 Å². The van der Waals surface area contributed by atoms with Crippen molar-refractivity contribution in [2.45, 2.75) is 6.54 Å². The monoisotopic (exact) mass is 300 g/mol. The largest absolute Gasteiger partial charge is 0.332 e. The predicted molar refractivity (Wildman–Crippen MR) is 83.2 cm³/mol. The molecule has 22 heavy (non-hydrogen) atoms. The van der Waals surface area contributed by atoms with Crippen LogP contribution in [0.5, 0.6) is 0 Å². The summed E-state index contributed by atoms with van der Waals surface area (Å²) in [5.41, 5.74) is 0.233. The molecule has 0 aliphatic carbocycles. The lowest BCUT2D eigenvalue weighted by Crippen LogP contribution is -2.38. The zero-order valence-electron chi connectivity index (χ0n) is 12.6. The Morgan fingerprint density at radius 3 is 2.05 bits per heavy atom. The van der Waals surface area contributed by atoms with E-state index in [-0.39, 0.29) is 17.8 Å². The molecule has 0 fully saturated rings. The number of benzene rings is 1. The van der Waals surface area contributed by atoms with Crippen molar-refractivity contribution >= 4 is 11.2 Å². The van der Waals surface area contributed by atoms with Crippen molar-refractivity contribution in [2.75, 3.05) is 0 Å². The number of aryl methyl sites for hydroxylation is 2. The van der Waals surface area contributed by atoms with Gasteiger partial charge in [-0.3, -0.25) is 23.1 Å². The highest BCUT2D eigenvalue weighted by atomic mass is 16.2. The van der Waals surface area contributed by atoms with Crippen LogP contribution >= 0.6 is 0 Å². The van der Waals surface area contributed by atoms with Gasteiger partial charge < -0.3 is 0 Å². The van der Waals surface area contributed by atoms with E-state index in [1.54, 1.807) is 14.1 Å². The number of hydrogen-bond donors (Lipinski definition) is 0. The van der Waals surface area contributed by atoms with Crippen LogP contribution in [0.25, 0.3) is 11.2 Å². The van der Waals surface area contributed by atoms with Crippen molar-refractivity contribution in [1.82, 2.24) is 18.3 Å². The van der Waals surface area contributed by atoms with Gasteiger partial charge in [-0.1, -0.05) is 30.3 Å². The number of nitrogens with zero attached hydrogens (tertiary/aromatic N) is 4. The normalized spacial score (nSPS) is 11.2. The standard InChI is InChI=1S/C15H16N4O3/c1-16-12-11(13(20)18(3)14(16)21)19(15(22)17(12)2)9-10-7-5-4-6-8-10/h4-8H,9H2,1-3H3. The maximum Gasteiger partial charge on any atom is 0.332 e. The molecule has 0 saturated carbocycles. The molecule has 2 aromatic heterocycles. The van der Waals surface area contributed by atoms with Crippen LogP contribution in [0.3, 0.4) is 0 Å². The molecule has 2 heterocycles. The lowest BCUT2D eigenvalue weighted by Gasteiger charge is -2.06. The first-order chi connectivity index (χ1) is 10.4. The fourth-order valence-corrected chi connectivity index (χ4v) is 2.72. The van der Waals surface area contributed by atoms with Gasteiger partial charge in [0.1, 0.15) is 0 Å². The Labute approximate surface area is 125 Å². The molecule has 0 aliphatic rings. The van der Waals surface area contributed by atoms with Crippen LogP contribution in [0.15, 0.2) is 44.7 Å². The molecule has 3 aromatic rings. The quantitative estimate of drug-likeness (QED) is 0.657. The summed E-state index contributed by atoms with van der Waals surface area (Å²) in [6.07, 6.45) is 0. The third-order valence-electron chi connectivity index (χ3n) is 3.90. The molecule has 7 heteroatoms. The Morgan fingerprint density at radius 2 is 1.41 bits per heavy atom. The Morgan fingerprint density at radius 1 is 0.818 bits per heavy atom. The topological polar surface area (TPSA) is 70.9 Å². The molecule has 0 aliphatic heterocycles. The molecule has 0 spiro atoms. The SMILES string of the molecule is Cn1c(=O)c2c(n(C)c1=O)n(C)c(=O)n2Cc1ccccc1. The summed E-state index contributed by atoms with van der Waals surface area (Å²) < 4.78 is 5.08. The highest BCUT2D eigenvalue weighted by Crippen LogP contribution is 2.08. The van der Waals surface area contributed by atoms with E-state index in [4.69, 9.17) is 0 Å². The molecule has 0 saturated heterocycles. The molecule has 0 radical (unpaired) electrons. The molecule has 0 bridgehead atoms. The fraction of sp³-hybridized carbons (Fsp3) is 0.267. The Bertz CT molecular complexity index is 1040. The van der Waals surface area contributed by atoms with Gasteiger partial charge in [-0.05, 0) is 5.56 Å². The second-order valence-electron chi connectivity index (χ2n) is 5.29. The van der Waals surface area contributed by atoms with Crippen molar-refractivity contribution in [2.24, 2.45) is 21.1 Å². The molecule has 0 N–H and O–H groups in total. The number of hydrogen-bond acceptors (Lipinski definition) is 3. The second kappa shape index (κ2) is 4.87. The van der Waals surface area contributed by atoms with Gasteiger partial charge >= 0.3 is 11.4 Å². The Kier molecular flexibility index (Phi) is 3.13. The summed E-state index contributed by atoms with van der Waals surface area (Å²) in [5.74, 6) is 0. The number of rotatable bonds is 2. The van der Waals surface area contributed by atoms with Crippen LogP contribution in [0.1, 0.15) is 5.56 Å². The van der Waals surface area contributed by atoms with Gasteiger partial charge in [0.15, 0.2) is 11.2 Å². The van der Waals surface area contributed by atoms with Gasteiger partial charge in [0.2, 0.25) is 0 Å². The molecule has 7 nitrogen and oxygen atoms in total. The number of aromatic nitrogens is 4. The summed E-state index contributed by atoms with van der Waals surface area (Å²) in [6, 6.07) is 9.41. The van der Waals surface area contributed by atoms with Crippen molar-refractivity contribution in [3.05, 3.63) is 67.2 Å². The van der Waals surface area contributed by atoms with Gasteiger partial charge in [-0.2, -0.15) is 0 Å². The summed E-state index contributed by atoms with van der Waals surface area (Å²) in [7, 11) is 4.52. The van der Waals surface area contributed by atoms with Crippen LogP contribution in [0, 0.1) is 0 Å². The minimum Gasteiger partial charge on any atom is -0.281 e. The lowest BCUT2D eigenvalue weighted by atomic mass is 10.2. The van der Waals surface area contributed by atoms with Crippen molar-refractivity contribution in [1.29, 1.82) is 0 Å². The molecule has 114 valence electrons. The smallest absolute Gasteiger partial charge is 0.281 e. The van der Waals surface area contributed by atoms with E-state index >= 15 is 0 Å². The van der Waals surface area contributed by atoms with Crippen molar-refractivity contribution in [3.63, 3.8) is 0 Å². The zero-order valence-corrected chi connectivity index (χ0v) is 12.6. The molecule has 3 rings (SSSR count). The van der Waals surface area contributed by atoms with E-state index in [2.05, 4.69) is 0 Å². The molecular weight excluding hydrogens is 284 g/mol. The molecule has 0 amide bonds. The van der Waals surface area contributed by atoms with E-state index < -0.39 is 11.2 Å². The molecule has 0 atom stereocenters. The lowest BCUT2D eigenvalue weighted by molar-refractivity contribution is 0.696. The van der Waals surface area contributed by atoms with Gasteiger partial charge in [-0.15, -0.1) is 0 Å². The Balaban J connectivity index is 2.42. The summed E-state index contributed by atoms with van der Waals surface area (Å²) in [6.45, 7) is 0.282. The van der Waals surface area contributed by atoms with Gasteiger partial charge in [0.25, 0.3) is 5.56 Å². The van der Waals surface area contributed by atoms with Crippen LogP contribution in [-0.4, -0.2) is 18.3 Å². The van der Waals surface area contributed by atoms with E-state index in [1.807, 2.05) is 30.3 Å². The maximum atomic E-state index is 12.5. The average Bonchev–Trinajstić information content (AvgIpc) is 2.77. The number of fused-ring (bicyclic) bond motifs is 1. The zero-order chi connectivity index (χ0) is 16.0. The van der Waals surface area contributed by atoms with Crippen LogP contribution in [-0.2, 0) is 27.7 Å².